The standard InChI is InChI=1S/C16H17N5S2/c1-3-20(4-2)16(22)23-14-11-10-13-17-18-15(21(13)19-14)12-8-6-5-7-9-12/h5-11H,3-4H2,1-2H3. The SMILES string of the molecule is CCN(CC)C(=S)Sc1ccc2nnc(-c3ccccc3)n2n1. The van der Waals surface area contributed by atoms with E-state index in [4.69, 9.17) is 12.2 Å². The summed E-state index contributed by atoms with van der Waals surface area (Å²) in [7, 11) is 0. The normalized spacial score (nSPS) is 10.9. The van der Waals surface area contributed by atoms with Gasteiger partial charge >= 0.3 is 0 Å². The monoisotopic (exact) mass is 343 g/mol. The lowest BCUT2D eigenvalue weighted by molar-refractivity contribution is 0.482. The number of rotatable bonds is 4. The van der Waals surface area contributed by atoms with Gasteiger partial charge in [0, 0.05) is 18.7 Å². The molecule has 0 fully saturated rings. The highest BCUT2D eigenvalue weighted by Crippen LogP contribution is 2.22. The van der Waals surface area contributed by atoms with E-state index in [1.807, 2.05) is 42.5 Å². The van der Waals surface area contributed by atoms with Gasteiger partial charge in [-0.05, 0) is 37.7 Å². The Balaban J connectivity index is 1.94. The number of thiocarbonyl (C=S) groups is 1. The fraction of sp³-hybridized carbons (Fsp3) is 0.250. The third-order valence-electron chi connectivity index (χ3n) is 3.48. The van der Waals surface area contributed by atoms with Crippen LogP contribution in [0.25, 0.3) is 17.0 Å². The fourth-order valence-electron chi connectivity index (χ4n) is 2.23. The van der Waals surface area contributed by atoms with Gasteiger partial charge < -0.3 is 4.90 Å². The van der Waals surface area contributed by atoms with Crippen molar-refractivity contribution in [2.45, 2.75) is 18.9 Å². The molecule has 118 valence electrons. The molecule has 0 N–H and O–H groups in total. The van der Waals surface area contributed by atoms with Gasteiger partial charge in [0.25, 0.3) is 0 Å². The lowest BCUT2D eigenvalue weighted by Gasteiger charge is -2.20. The molecule has 2 heterocycles. The molecule has 0 saturated carbocycles. The second-order valence-corrected chi connectivity index (χ2v) is 6.53. The molecule has 1 aromatic carbocycles. The van der Waals surface area contributed by atoms with Crippen LogP contribution in [0, 0.1) is 0 Å². The number of benzene rings is 1. The average Bonchev–Trinajstić information content (AvgIpc) is 3.00. The highest BCUT2D eigenvalue weighted by atomic mass is 32.2. The van der Waals surface area contributed by atoms with Crippen molar-refractivity contribution < 1.29 is 0 Å². The number of fused-ring (bicyclic) bond motifs is 1. The molecular weight excluding hydrogens is 326 g/mol. The highest BCUT2D eigenvalue weighted by Gasteiger charge is 2.12. The summed E-state index contributed by atoms with van der Waals surface area (Å²) in [6.45, 7) is 5.99. The molecule has 0 saturated heterocycles. The lowest BCUT2D eigenvalue weighted by atomic mass is 10.2. The summed E-state index contributed by atoms with van der Waals surface area (Å²) in [4.78, 5) is 2.14. The number of hydrogen-bond donors (Lipinski definition) is 0. The summed E-state index contributed by atoms with van der Waals surface area (Å²) < 4.78 is 2.60. The zero-order valence-electron chi connectivity index (χ0n) is 13.0. The van der Waals surface area contributed by atoms with Gasteiger partial charge in [-0.1, -0.05) is 42.5 Å². The first-order chi connectivity index (χ1) is 11.2. The van der Waals surface area contributed by atoms with E-state index >= 15 is 0 Å². The predicted molar refractivity (Wildman–Crippen MR) is 97.6 cm³/mol. The van der Waals surface area contributed by atoms with Crippen molar-refractivity contribution >= 4 is 33.9 Å². The van der Waals surface area contributed by atoms with E-state index < -0.39 is 0 Å². The Morgan fingerprint density at radius 1 is 1.09 bits per heavy atom. The molecule has 0 aliphatic rings. The molecule has 0 aliphatic carbocycles. The number of nitrogens with zero attached hydrogens (tertiary/aromatic N) is 5. The van der Waals surface area contributed by atoms with Crippen LogP contribution in [-0.2, 0) is 0 Å². The van der Waals surface area contributed by atoms with Gasteiger partial charge in [0.05, 0.1) is 0 Å². The smallest absolute Gasteiger partial charge is 0.185 e. The zero-order chi connectivity index (χ0) is 16.2. The Kier molecular flexibility index (Phi) is 4.88. The minimum absolute atomic E-state index is 0.724. The second-order valence-electron chi connectivity index (χ2n) is 4.87. The van der Waals surface area contributed by atoms with Crippen molar-refractivity contribution in [3.8, 4) is 11.4 Å². The third kappa shape index (κ3) is 3.35. The molecule has 3 aromatic rings. The minimum Gasteiger partial charge on any atom is -0.358 e. The first kappa shape index (κ1) is 15.9. The maximum atomic E-state index is 5.49. The average molecular weight is 343 g/mol. The van der Waals surface area contributed by atoms with Gasteiger partial charge in [-0.25, -0.2) is 0 Å². The summed E-state index contributed by atoms with van der Waals surface area (Å²) in [6, 6.07) is 13.8. The summed E-state index contributed by atoms with van der Waals surface area (Å²) in [6.07, 6.45) is 0. The highest BCUT2D eigenvalue weighted by molar-refractivity contribution is 8.22. The van der Waals surface area contributed by atoms with Crippen molar-refractivity contribution in [1.29, 1.82) is 0 Å². The van der Waals surface area contributed by atoms with Crippen molar-refractivity contribution in [2.24, 2.45) is 0 Å². The van der Waals surface area contributed by atoms with Gasteiger partial charge in [-0.15, -0.1) is 10.2 Å². The number of thioether (sulfide) groups is 1. The maximum Gasteiger partial charge on any atom is 0.185 e. The summed E-state index contributed by atoms with van der Waals surface area (Å²) in [5.74, 6) is 0.733. The molecule has 0 radical (unpaired) electrons. The Labute approximate surface area is 144 Å². The Hall–Kier alpha value is -1.99. The molecule has 7 heteroatoms. The van der Waals surface area contributed by atoms with Gasteiger partial charge in [-0.2, -0.15) is 9.61 Å². The molecule has 3 rings (SSSR count). The van der Waals surface area contributed by atoms with Crippen molar-refractivity contribution in [3.63, 3.8) is 0 Å². The van der Waals surface area contributed by atoms with Crippen LogP contribution in [-0.4, -0.2) is 42.1 Å². The second kappa shape index (κ2) is 7.06. The van der Waals surface area contributed by atoms with Crippen LogP contribution in [0.3, 0.4) is 0 Å². The van der Waals surface area contributed by atoms with Crippen molar-refractivity contribution in [2.75, 3.05) is 13.1 Å². The summed E-state index contributed by atoms with van der Waals surface area (Å²) in [5.41, 5.74) is 1.71. The Morgan fingerprint density at radius 3 is 2.52 bits per heavy atom. The first-order valence-corrected chi connectivity index (χ1v) is 8.70. The molecular formula is C16H17N5S2. The fourth-order valence-corrected chi connectivity index (χ4v) is 3.57. The third-order valence-corrected chi connectivity index (χ3v) is 4.85. The first-order valence-electron chi connectivity index (χ1n) is 7.47. The Morgan fingerprint density at radius 2 is 1.83 bits per heavy atom. The summed E-state index contributed by atoms with van der Waals surface area (Å²) >= 11 is 6.99. The van der Waals surface area contributed by atoms with Crippen molar-refractivity contribution in [3.05, 3.63) is 42.5 Å². The van der Waals surface area contributed by atoms with Crippen LogP contribution in [0.15, 0.2) is 47.5 Å². The van der Waals surface area contributed by atoms with Crippen LogP contribution in [0.4, 0.5) is 0 Å². The van der Waals surface area contributed by atoms with Gasteiger partial charge in [0.1, 0.15) is 9.35 Å². The largest absolute Gasteiger partial charge is 0.358 e. The molecule has 0 aliphatic heterocycles. The molecule has 5 nitrogen and oxygen atoms in total. The predicted octanol–water partition coefficient (Wildman–Crippen LogP) is 3.51. The number of aromatic nitrogens is 4. The molecule has 23 heavy (non-hydrogen) atoms. The molecule has 0 unspecified atom stereocenters. The quantitative estimate of drug-likeness (QED) is 0.534. The van der Waals surface area contributed by atoms with Crippen LogP contribution in [0.2, 0.25) is 0 Å². The van der Waals surface area contributed by atoms with E-state index in [2.05, 4.69) is 34.0 Å². The van der Waals surface area contributed by atoms with E-state index in [1.165, 1.54) is 11.8 Å². The minimum atomic E-state index is 0.724. The lowest BCUT2D eigenvalue weighted by Crippen LogP contribution is -2.26. The van der Waals surface area contributed by atoms with E-state index in [1.54, 1.807) is 4.52 Å². The van der Waals surface area contributed by atoms with Gasteiger partial charge in [-0.3, -0.25) is 0 Å². The zero-order valence-corrected chi connectivity index (χ0v) is 14.6. The van der Waals surface area contributed by atoms with E-state index in [0.717, 1.165) is 39.5 Å². The van der Waals surface area contributed by atoms with E-state index in [9.17, 15) is 0 Å². The van der Waals surface area contributed by atoms with E-state index in [-0.39, 0.29) is 0 Å². The molecule has 0 spiro atoms. The topological polar surface area (TPSA) is 46.3 Å². The maximum absolute atomic E-state index is 5.49. The van der Waals surface area contributed by atoms with Crippen LogP contribution < -0.4 is 0 Å². The van der Waals surface area contributed by atoms with Crippen LogP contribution >= 0.6 is 24.0 Å². The van der Waals surface area contributed by atoms with Gasteiger partial charge in [0.2, 0.25) is 0 Å². The van der Waals surface area contributed by atoms with Crippen molar-refractivity contribution in [1.82, 2.24) is 24.7 Å². The van der Waals surface area contributed by atoms with Crippen LogP contribution in [0.5, 0.6) is 0 Å². The molecule has 0 atom stereocenters. The summed E-state index contributed by atoms with van der Waals surface area (Å²) in [5, 5.41) is 13.9. The molecule has 2 aromatic heterocycles. The molecule has 0 bridgehead atoms. The van der Waals surface area contributed by atoms with Gasteiger partial charge in [0.15, 0.2) is 11.5 Å². The van der Waals surface area contributed by atoms with Crippen LogP contribution in [0.1, 0.15) is 13.8 Å². The Bertz CT molecular complexity index is 812. The van der Waals surface area contributed by atoms with E-state index in [0.29, 0.717) is 0 Å². The molecule has 0 amide bonds. The number of hydrogen-bond acceptors (Lipinski definition) is 5.